The topological polar surface area (TPSA) is 55.1 Å². The summed E-state index contributed by atoms with van der Waals surface area (Å²) >= 11 is 6.68. The lowest BCUT2D eigenvalue weighted by Crippen LogP contribution is -2.03. The molecule has 0 spiro atoms. The van der Waals surface area contributed by atoms with E-state index in [9.17, 15) is 4.79 Å². The van der Waals surface area contributed by atoms with E-state index in [-0.39, 0.29) is 5.56 Å². The Morgan fingerprint density at radius 1 is 1.35 bits per heavy atom. The van der Waals surface area contributed by atoms with Gasteiger partial charge < -0.3 is 5.11 Å². The van der Waals surface area contributed by atoms with Gasteiger partial charge in [0, 0.05) is 4.47 Å². The highest BCUT2D eigenvalue weighted by molar-refractivity contribution is 9.10. The number of carboxylic acid groups (broad SMARTS) is 1. The number of halogens is 2. The van der Waals surface area contributed by atoms with Gasteiger partial charge in [-0.3, -0.25) is 4.68 Å². The van der Waals surface area contributed by atoms with Crippen LogP contribution in [0.2, 0.25) is 0 Å². The van der Waals surface area contributed by atoms with Crippen LogP contribution in [-0.2, 0) is 6.54 Å². The average Bonchev–Trinajstić information content (AvgIpc) is 2.64. The third kappa shape index (κ3) is 2.58. The van der Waals surface area contributed by atoms with Crippen molar-refractivity contribution in [2.24, 2.45) is 0 Å². The molecule has 0 saturated heterocycles. The fourth-order valence-corrected chi connectivity index (χ4v) is 2.31. The second kappa shape index (κ2) is 5.01. The molecule has 0 radical (unpaired) electrons. The molecule has 0 amide bonds. The fourth-order valence-electron chi connectivity index (χ4n) is 1.41. The van der Waals surface area contributed by atoms with Crippen molar-refractivity contribution in [2.75, 3.05) is 0 Å². The number of benzene rings is 1. The molecule has 0 aliphatic carbocycles. The first-order chi connectivity index (χ1) is 8.09. The summed E-state index contributed by atoms with van der Waals surface area (Å²) in [7, 11) is 0. The Labute approximate surface area is 115 Å². The van der Waals surface area contributed by atoms with Crippen LogP contribution in [0.15, 0.2) is 39.5 Å². The van der Waals surface area contributed by atoms with Crippen LogP contribution in [0.4, 0.5) is 0 Å². The maximum absolute atomic E-state index is 10.9. The molecule has 1 aromatic heterocycles. The van der Waals surface area contributed by atoms with Crippen molar-refractivity contribution in [2.45, 2.75) is 6.54 Å². The zero-order chi connectivity index (χ0) is 12.4. The Hall–Kier alpha value is -1.14. The van der Waals surface area contributed by atoms with Gasteiger partial charge >= 0.3 is 5.97 Å². The van der Waals surface area contributed by atoms with Crippen LogP contribution >= 0.6 is 31.9 Å². The molecule has 88 valence electrons. The summed E-state index contributed by atoms with van der Waals surface area (Å²) in [6.07, 6.45) is 1.34. The summed E-state index contributed by atoms with van der Waals surface area (Å²) in [6.45, 7) is 0.509. The zero-order valence-corrected chi connectivity index (χ0v) is 11.8. The van der Waals surface area contributed by atoms with E-state index in [0.717, 1.165) is 10.0 Å². The number of rotatable bonds is 3. The molecule has 0 atom stereocenters. The molecular formula is C11H8Br2N2O2. The Balaban J connectivity index is 2.31. The molecule has 0 fully saturated rings. The van der Waals surface area contributed by atoms with Gasteiger partial charge in [-0.1, -0.05) is 34.1 Å². The number of aromatic carboxylic acids is 1. The fraction of sp³-hybridized carbons (Fsp3) is 0.0909. The highest BCUT2D eigenvalue weighted by atomic mass is 79.9. The number of hydrogen-bond donors (Lipinski definition) is 1. The van der Waals surface area contributed by atoms with Crippen LogP contribution in [0, 0.1) is 0 Å². The molecule has 2 aromatic rings. The van der Waals surface area contributed by atoms with E-state index >= 15 is 0 Å². The van der Waals surface area contributed by atoms with E-state index < -0.39 is 5.97 Å². The first kappa shape index (κ1) is 12.3. The van der Waals surface area contributed by atoms with Crippen molar-refractivity contribution in [3.05, 3.63) is 50.7 Å². The molecule has 1 N–H and O–H groups in total. The SMILES string of the molecule is O=C(O)c1cnn(Cc2ccccc2Br)c1Br. The molecule has 2 rings (SSSR count). The summed E-state index contributed by atoms with van der Waals surface area (Å²) in [5.41, 5.74) is 1.20. The summed E-state index contributed by atoms with van der Waals surface area (Å²) in [5, 5.41) is 12.9. The monoisotopic (exact) mass is 358 g/mol. The standard InChI is InChI=1S/C11H8Br2N2O2/c12-9-4-2-1-3-7(9)6-15-10(13)8(5-14-15)11(16)17/h1-5H,6H2,(H,16,17). The second-order valence-corrected chi connectivity index (χ2v) is 5.01. The highest BCUT2D eigenvalue weighted by Crippen LogP contribution is 2.21. The molecule has 1 heterocycles. The minimum atomic E-state index is -0.991. The maximum Gasteiger partial charge on any atom is 0.340 e. The molecule has 0 saturated carbocycles. The highest BCUT2D eigenvalue weighted by Gasteiger charge is 2.14. The van der Waals surface area contributed by atoms with E-state index in [1.807, 2.05) is 24.3 Å². The number of nitrogens with zero attached hydrogens (tertiary/aromatic N) is 2. The lowest BCUT2D eigenvalue weighted by atomic mass is 10.2. The van der Waals surface area contributed by atoms with Gasteiger partial charge in [-0.25, -0.2) is 4.79 Å². The number of aromatic nitrogens is 2. The van der Waals surface area contributed by atoms with E-state index in [1.54, 1.807) is 4.68 Å². The van der Waals surface area contributed by atoms with Crippen LogP contribution in [-0.4, -0.2) is 20.9 Å². The molecule has 0 bridgehead atoms. The van der Waals surface area contributed by atoms with Crippen molar-refractivity contribution >= 4 is 37.8 Å². The van der Waals surface area contributed by atoms with Gasteiger partial charge in [0.2, 0.25) is 0 Å². The van der Waals surface area contributed by atoms with Gasteiger partial charge in [0.15, 0.2) is 0 Å². The Kier molecular flexibility index (Phi) is 3.63. The lowest BCUT2D eigenvalue weighted by molar-refractivity contribution is 0.0695. The van der Waals surface area contributed by atoms with Crippen molar-refractivity contribution in [1.29, 1.82) is 0 Å². The van der Waals surface area contributed by atoms with Crippen molar-refractivity contribution in [1.82, 2.24) is 9.78 Å². The van der Waals surface area contributed by atoms with E-state index in [0.29, 0.717) is 11.1 Å². The summed E-state index contributed by atoms with van der Waals surface area (Å²) in [5.74, 6) is -0.991. The van der Waals surface area contributed by atoms with Crippen molar-refractivity contribution < 1.29 is 9.90 Å². The normalized spacial score (nSPS) is 10.5. The van der Waals surface area contributed by atoms with E-state index in [2.05, 4.69) is 37.0 Å². The molecule has 6 heteroatoms. The second-order valence-electron chi connectivity index (χ2n) is 3.40. The third-order valence-electron chi connectivity index (χ3n) is 2.28. The Bertz CT molecular complexity index is 566. The van der Waals surface area contributed by atoms with Crippen LogP contribution < -0.4 is 0 Å². The first-order valence-corrected chi connectivity index (χ1v) is 6.36. The summed E-state index contributed by atoms with van der Waals surface area (Å²) in [4.78, 5) is 10.9. The molecular weight excluding hydrogens is 352 g/mol. The minimum Gasteiger partial charge on any atom is -0.478 e. The predicted octanol–water partition coefficient (Wildman–Crippen LogP) is 3.15. The summed E-state index contributed by atoms with van der Waals surface area (Å²) in [6, 6.07) is 7.74. The van der Waals surface area contributed by atoms with Crippen LogP contribution in [0.5, 0.6) is 0 Å². The Morgan fingerprint density at radius 2 is 2.06 bits per heavy atom. The molecule has 0 aliphatic heterocycles. The maximum atomic E-state index is 10.9. The molecule has 0 aliphatic rings. The van der Waals surface area contributed by atoms with E-state index in [4.69, 9.17) is 5.11 Å². The molecule has 4 nitrogen and oxygen atoms in total. The first-order valence-electron chi connectivity index (χ1n) is 4.77. The quantitative estimate of drug-likeness (QED) is 0.915. The van der Waals surface area contributed by atoms with Crippen LogP contribution in [0.25, 0.3) is 0 Å². The smallest absolute Gasteiger partial charge is 0.340 e. The largest absolute Gasteiger partial charge is 0.478 e. The zero-order valence-electron chi connectivity index (χ0n) is 8.60. The molecule has 1 aromatic carbocycles. The minimum absolute atomic E-state index is 0.164. The van der Waals surface area contributed by atoms with Gasteiger partial charge in [-0.2, -0.15) is 5.10 Å². The lowest BCUT2D eigenvalue weighted by Gasteiger charge is -2.05. The predicted molar refractivity (Wildman–Crippen MR) is 70.1 cm³/mol. The van der Waals surface area contributed by atoms with Gasteiger partial charge in [0.25, 0.3) is 0 Å². The molecule has 17 heavy (non-hydrogen) atoms. The van der Waals surface area contributed by atoms with Gasteiger partial charge in [0.1, 0.15) is 10.2 Å². The number of carboxylic acids is 1. The van der Waals surface area contributed by atoms with Gasteiger partial charge in [-0.05, 0) is 27.6 Å². The van der Waals surface area contributed by atoms with Crippen LogP contribution in [0.1, 0.15) is 15.9 Å². The Morgan fingerprint density at radius 3 is 2.65 bits per heavy atom. The van der Waals surface area contributed by atoms with Crippen molar-refractivity contribution in [3.63, 3.8) is 0 Å². The third-order valence-corrected chi connectivity index (χ3v) is 3.89. The van der Waals surface area contributed by atoms with Crippen LogP contribution in [0.3, 0.4) is 0 Å². The van der Waals surface area contributed by atoms with E-state index in [1.165, 1.54) is 6.20 Å². The van der Waals surface area contributed by atoms with Gasteiger partial charge in [-0.15, -0.1) is 0 Å². The van der Waals surface area contributed by atoms with Crippen molar-refractivity contribution in [3.8, 4) is 0 Å². The summed E-state index contributed by atoms with van der Waals surface area (Å²) < 4.78 is 3.05. The molecule has 0 unspecified atom stereocenters. The number of carbonyl (C=O) groups is 1. The van der Waals surface area contributed by atoms with Gasteiger partial charge in [0.05, 0.1) is 12.7 Å². The average molecular weight is 360 g/mol. The number of hydrogen-bond acceptors (Lipinski definition) is 2.